The third-order valence-corrected chi connectivity index (χ3v) is 3.49. The van der Waals surface area contributed by atoms with Crippen molar-refractivity contribution in [2.45, 2.75) is 34.1 Å². The van der Waals surface area contributed by atoms with Crippen LogP contribution in [0.1, 0.15) is 31.9 Å². The van der Waals surface area contributed by atoms with Gasteiger partial charge in [0.05, 0.1) is 0 Å². The molecule has 1 N–H and O–H groups in total. The lowest BCUT2D eigenvalue weighted by atomic mass is 9.88. The summed E-state index contributed by atoms with van der Waals surface area (Å²) in [5, 5.41) is 3.43. The first-order valence-corrected chi connectivity index (χ1v) is 6.40. The first kappa shape index (κ1) is 13.2. The van der Waals surface area contributed by atoms with Crippen molar-refractivity contribution in [1.82, 2.24) is 5.32 Å². The Morgan fingerprint density at radius 3 is 2.44 bits per heavy atom. The van der Waals surface area contributed by atoms with E-state index in [1.54, 1.807) is 0 Å². The summed E-state index contributed by atoms with van der Waals surface area (Å²) in [6.07, 6.45) is 1.19. The Kier molecular flexibility index (Phi) is 5.54. The lowest BCUT2D eigenvalue weighted by molar-refractivity contribution is 0.368. The van der Waals surface area contributed by atoms with E-state index in [0.717, 1.165) is 24.9 Å². The van der Waals surface area contributed by atoms with Gasteiger partial charge in [0.15, 0.2) is 0 Å². The summed E-state index contributed by atoms with van der Waals surface area (Å²) in [4.78, 5) is 0. The molecule has 1 nitrogen and oxygen atoms in total. The predicted molar refractivity (Wildman–Crippen MR) is 71.8 cm³/mol. The largest absolute Gasteiger partial charge is 0.317 e. The molecule has 0 saturated heterocycles. The molecule has 0 heterocycles. The van der Waals surface area contributed by atoms with Gasteiger partial charge >= 0.3 is 0 Å². The maximum atomic E-state index is 3.43. The van der Waals surface area contributed by atoms with E-state index < -0.39 is 0 Å². The van der Waals surface area contributed by atoms with Crippen LogP contribution in [0, 0.1) is 18.8 Å². The van der Waals surface area contributed by atoms with Crippen molar-refractivity contribution >= 4 is 0 Å². The molecule has 1 aromatic rings. The van der Waals surface area contributed by atoms with E-state index in [9.17, 15) is 0 Å². The van der Waals surface area contributed by atoms with Gasteiger partial charge in [0.2, 0.25) is 0 Å². The van der Waals surface area contributed by atoms with Crippen molar-refractivity contribution in [1.29, 1.82) is 0 Å². The van der Waals surface area contributed by atoms with Gasteiger partial charge in [0, 0.05) is 0 Å². The Bertz CT molecular complexity index is 306. The van der Waals surface area contributed by atoms with Crippen LogP contribution in [0.3, 0.4) is 0 Å². The average Bonchev–Trinajstić information content (AvgIpc) is 2.28. The Morgan fingerprint density at radius 1 is 1.12 bits per heavy atom. The first-order valence-electron chi connectivity index (χ1n) is 6.40. The third kappa shape index (κ3) is 3.97. The van der Waals surface area contributed by atoms with Crippen molar-refractivity contribution in [2.75, 3.05) is 13.1 Å². The van der Waals surface area contributed by atoms with Crippen LogP contribution in [0.15, 0.2) is 24.3 Å². The molecule has 1 rings (SSSR count). The zero-order chi connectivity index (χ0) is 12.0. The van der Waals surface area contributed by atoms with E-state index in [4.69, 9.17) is 0 Å². The van der Waals surface area contributed by atoms with Gasteiger partial charge in [0.1, 0.15) is 0 Å². The quantitative estimate of drug-likeness (QED) is 0.773. The minimum absolute atomic E-state index is 0.736. The van der Waals surface area contributed by atoms with Gasteiger partial charge in [-0.1, -0.05) is 45.0 Å². The van der Waals surface area contributed by atoms with Gasteiger partial charge in [-0.3, -0.25) is 0 Å². The summed E-state index contributed by atoms with van der Waals surface area (Å²) >= 11 is 0. The fourth-order valence-corrected chi connectivity index (χ4v) is 1.96. The SMILES string of the molecule is CCNCC(C)C(C)Cc1ccccc1C. The Labute approximate surface area is 100 Å². The molecule has 90 valence electrons. The second-order valence-corrected chi connectivity index (χ2v) is 4.89. The molecule has 1 heteroatoms. The van der Waals surface area contributed by atoms with E-state index in [-0.39, 0.29) is 0 Å². The fraction of sp³-hybridized carbons (Fsp3) is 0.600. The molecule has 0 saturated carbocycles. The van der Waals surface area contributed by atoms with Gasteiger partial charge in [-0.2, -0.15) is 0 Å². The van der Waals surface area contributed by atoms with Gasteiger partial charge in [-0.15, -0.1) is 0 Å². The molecule has 0 aliphatic heterocycles. The van der Waals surface area contributed by atoms with Gasteiger partial charge in [-0.25, -0.2) is 0 Å². The highest BCUT2D eigenvalue weighted by molar-refractivity contribution is 5.25. The number of hydrogen-bond donors (Lipinski definition) is 1. The monoisotopic (exact) mass is 219 g/mol. The lowest BCUT2D eigenvalue weighted by Crippen LogP contribution is -2.26. The molecule has 0 radical (unpaired) electrons. The molecular formula is C15H25N. The van der Waals surface area contributed by atoms with E-state index in [1.807, 2.05) is 0 Å². The number of nitrogens with one attached hydrogen (secondary N) is 1. The number of rotatable bonds is 6. The molecule has 1 aromatic carbocycles. The van der Waals surface area contributed by atoms with Crippen molar-refractivity contribution in [3.05, 3.63) is 35.4 Å². The number of hydrogen-bond acceptors (Lipinski definition) is 1. The smallest absolute Gasteiger partial charge is 0.00206 e. The maximum absolute atomic E-state index is 3.43. The number of benzene rings is 1. The molecule has 16 heavy (non-hydrogen) atoms. The molecule has 0 spiro atoms. The standard InChI is InChI=1S/C15H25N/c1-5-16-11-14(4)13(3)10-15-9-7-6-8-12(15)2/h6-9,13-14,16H,5,10-11H2,1-4H3. The fourth-order valence-electron chi connectivity index (χ4n) is 1.96. The third-order valence-electron chi connectivity index (χ3n) is 3.49. The van der Waals surface area contributed by atoms with Crippen LogP contribution in [0.25, 0.3) is 0 Å². The molecule has 2 unspecified atom stereocenters. The Morgan fingerprint density at radius 2 is 1.81 bits per heavy atom. The van der Waals surface area contributed by atoms with E-state index in [1.165, 1.54) is 17.5 Å². The normalized spacial score (nSPS) is 14.8. The summed E-state index contributed by atoms with van der Waals surface area (Å²) in [5.41, 5.74) is 2.92. The van der Waals surface area contributed by atoms with Crippen molar-refractivity contribution in [3.63, 3.8) is 0 Å². The second-order valence-electron chi connectivity index (χ2n) is 4.89. The van der Waals surface area contributed by atoms with Crippen LogP contribution in [-0.4, -0.2) is 13.1 Å². The van der Waals surface area contributed by atoms with E-state index >= 15 is 0 Å². The van der Waals surface area contributed by atoms with Gasteiger partial charge in [-0.05, 0) is 49.4 Å². The molecule has 0 bridgehead atoms. The minimum Gasteiger partial charge on any atom is -0.317 e. The van der Waals surface area contributed by atoms with Gasteiger partial charge < -0.3 is 5.32 Å². The highest BCUT2D eigenvalue weighted by atomic mass is 14.8. The van der Waals surface area contributed by atoms with E-state index in [0.29, 0.717) is 0 Å². The lowest BCUT2D eigenvalue weighted by Gasteiger charge is -2.21. The highest BCUT2D eigenvalue weighted by Crippen LogP contribution is 2.18. The molecule has 0 amide bonds. The average molecular weight is 219 g/mol. The zero-order valence-electron chi connectivity index (χ0n) is 11.1. The highest BCUT2D eigenvalue weighted by Gasteiger charge is 2.12. The maximum Gasteiger partial charge on any atom is -0.00206 e. The van der Waals surface area contributed by atoms with Crippen molar-refractivity contribution in [3.8, 4) is 0 Å². The first-order chi connectivity index (χ1) is 7.65. The van der Waals surface area contributed by atoms with Crippen LogP contribution in [0.2, 0.25) is 0 Å². The molecule has 2 atom stereocenters. The molecule has 0 fully saturated rings. The van der Waals surface area contributed by atoms with Gasteiger partial charge in [0.25, 0.3) is 0 Å². The summed E-state index contributed by atoms with van der Waals surface area (Å²) in [6.45, 7) is 11.3. The van der Waals surface area contributed by atoms with Crippen LogP contribution in [0.4, 0.5) is 0 Å². The summed E-state index contributed by atoms with van der Waals surface area (Å²) in [6, 6.07) is 8.72. The van der Waals surface area contributed by atoms with Crippen LogP contribution in [-0.2, 0) is 6.42 Å². The van der Waals surface area contributed by atoms with Crippen molar-refractivity contribution < 1.29 is 0 Å². The van der Waals surface area contributed by atoms with Crippen molar-refractivity contribution in [2.24, 2.45) is 11.8 Å². The second kappa shape index (κ2) is 6.70. The van der Waals surface area contributed by atoms with Crippen LogP contribution < -0.4 is 5.32 Å². The minimum atomic E-state index is 0.736. The summed E-state index contributed by atoms with van der Waals surface area (Å²) in [7, 11) is 0. The summed E-state index contributed by atoms with van der Waals surface area (Å²) in [5.74, 6) is 1.47. The van der Waals surface area contributed by atoms with Crippen LogP contribution >= 0.6 is 0 Å². The zero-order valence-corrected chi connectivity index (χ0v) is 11.1. The summed E-state index contributed by atoms with van der Waals surface area (Å²) < 4.78 is 0. The molecule has 0 aliphatic rings. The topological polar surface area (TPSA) is 12.0 Å². The Balaban J connectivity index is 2.50. The van der Waals surface area contributed by atoms with Crippen LogP contribution in [0.5, 0.6) is 0 Å². The number of aryl methyl sites for hydroxylation is 1. The molecule has 0 aliphatic carbocycles. The molecule has 0 aromatic heterocycles. The molecular weight excluding hydrogens is 194 g/mol. The Hall–Kier alpha value is -0.820. The predicted octanol–water partition coefficient (Wildman–Crippen LogP) is 3.42. The van der Waals surface area contributed by atoms with E-state index in [2.05, 4.69) is 57.3 Å².